The summed E-state index contributed by atoms with van der Waals surface area (Å²) >= 11 is 0. The molecule has 0 spiro atoms. The van der Waals surface area contributed by atoms with E-state index in [1.54, 1.807) is 13.2 Å². The highest BCUT2D eigenvalue weighted by Gasteiger charge is 2.13. The van der Waals surface area contributed by atoms with Crippen LogP contribution in [0.1, 0.15) is 24.8 Å². The van der Waals surface area contributed by atoms with Crippen molar-refractivity contribution in [3.63, 3.8) is 0 Å². The second kappa shape index (κ2) is 6.80. The fraction of sp³-hybridized carbons (Fsp3) is 0.312. The largest absolute Gasteiger partial charge is 0.493 e. The van der Waals surface area contributed by atoms with Crippen molar-refractivity contribution in [3.05, 3.63) is 42.0 Å². The molecule has 0 aromatic heterocycles. The van der Waals surface area contributed by atoms with Crippen LogP contribution in [0.25, 0.3) is 6.08 Å². The van der Waals surface area contributed by atoms with Gasteiger partial charge in [0.25, 0.3) is 0 Å². The monoisotopic (exact) mass is 274 g/mol. The molecule has 1 aliphatic carbocycles. The number of ether oxygens (including phenoxy) is 2. The smallest absolute Gasteiger partial charge is 0.328 e. The molecule has 106 valence electrons. The highest BCUT2D eigenvalue weighted by atomic mass is 16.5. The van der Waals surface area contributed by atoms with Gasteiger partial charge in [-0.15, -0.1) is 0 Å². The lowest BCUT2D eigenvalue weighted by atomic mass is 10.1. The SMILES string of the molecule is COc1cc(/C=C/C(=O)O)ccc1OC1C=CCCC1. The van der Waals surface area contributed by atoms with Crippen LogP contribution in [0.15, 0.2) is 36.4 Å². The number of carbonyl (C=O) groups is 1. The van der Waals surface area contributed by atoms with Gasteiger partial charge in [0, 0.05) is 6.08 Å². The lowest BCUT2D eigenvalue weighted by Gasteiger charge is -2.20. The van der Waals surface area contributed by atoms with E-state index in [1.807, 2.05) is 12.1 Å². The summed E-state index contributed by atoms with van der Waals surface area (Å²) in [6.07, 6.45) is 10.1. The van der Waals surface area contributed by atoms with Gasteiger partial charge in [0.05, 0.1) is 7.11 Å². The second-order valence-corrected chi connectivity index (χ2v) is 4.60. The zero-order valence-corrected chi connectivity index (χ0v) is 11.4. The summed E-state index contributed by atoms with van der Waals surface area (Å²) in [5.41, 5.74) is 0.760. The first-order chi connectivity index (χ1) is 9.69. The Kier molecular flexibility index (Phi) is 4.82. The highest BCUT2D eigenvalue weighted by molar-refractivity contribution is 5.85. The van der Waals surface area contributed by atoms with Crippen LogP contribution in [-0.4, -0.2) is 24.3 Å². The first kappa shape index (κ1) is 14.2. The molecule has 2 rings (SSSR count). The Labute approximate surface area is 118 Å². The number of allylic oxidation sites excluding steroid dienone is 1. The lowest BCUT2D eigenvalue weighted by Crippen LogP contribution is -2.16. The number of carboxylic acid groups (broad SMARTS) is 1. The topological polar surface area (TPSA) is 55.8 Å². The normalized spacial score (nSPS) is 18.1. The third-order valence-electron chi connectivity index (χ3n) is 3.09. The minimum absolute atomic E-state index is 0.0815. The Morgan fingerprint density at radius 1 is 1.40 bits per heavy atom. The standard InChI is InChI=1S/C16H18O4/c1-19-15-11-12(8-10-16(17)18)7-9-14(15)20-13-5-3-2-4-6-13/h3,5,7-11,13H,2,4,6H2,1H3,(H,17,18)/b10-8+. The van der Waals surface area contributed by atoms with Gasteiger partial charge in [-0.1, -0.05) is 12.1 Å². The maximum absolute atomic E-state index is 10.5. The third-order valence-corrected chi connectivity index (χ3v) is 3.09. The summed E-state index contributed by atoms with van der Waals surface area (Å²) in [5.74, 6) is 0.310. The van der Waals surface area contributed by atoms with Crippen LogP contribution in [0.4, 0.5) is 0 Å². The number of benzene rings is 1. The quantitative estimate of drug-likeness (QED) is 0.661. The van der Waals surface area contributed by atoms with Gasteiger partial charge in [0.1, 0.15) is 6.10 Å². The molecule has 1 unspecified atom stereocenters. The van der Waals surface area contributed by atoms with Gasteiger partial charge in [-0.3, -0.25) is 0 Å². The summed E-state index contributed by atoms with van der Waals surface area (Å²) < 4.78 is 11.2. The van der Waals surface area contributed by atoms with E-state index in [0.717, 1.165) is 30.9 Å². The third kappa shape index (κ3) is 3.88. The summed E-state index contributed by atoms with van der Waals surface area (Å²) in [6, 6.07) is 5.38. The van der Waals surface area contributed by atoms with Gasteiger partial charge in [-0.2, -0.15) is 0 Å². The molecule has 1 aliphatic rings. The van der Waals surface area contributed by atoms with Crippen LogP contribution in [0, 0.1) is 0 Å². The molecule has 0 radical (unpaired) electrons. The number of hydrogen-bond acceptors (Lipinski definition) is 3. The molecule has 0 aliphatic heterocycles. The molecule has 1 atom stereocenters. The van der Waals surface area contributed by atoms with E-state index in [9.17, 15) is 4.79 Å². The highest BCUT2D eigenvalue weighted by Crippen LogP contribution is 2.31. The van der Waals surface area contributed by atoms with E-state index in [0.29, 0.717) is 11.5 Å². The number of rotatable bonds is 5. The average molecular weight is 274 g/mol. The van der Waals surface area contributed by atoms with Crippen molar-refractivity contribution in [2.45, 2.75) is 25.4 Å². The number of methoxy groups -OCH3 is 1. The molecular weight excluding hydrogens is 256 g/mol. The van der Waals surface area contributed by atoms with Crippen molar-refractivity contribution >= 4 is 12.0 Å². The molecule has 0 fully saturated rings. The second-order valence-electron chi connectivity index (χ2n) is 4.60. The molecule has 1 aromatic carbocycles. The molecule has 4 nitrogen and oxygen atoms in total. The van der Waals surface area contributed by atoms with Crippen LogP contribution >= 0.6 is 0 Å². The maximum Gasteiger partial charge on any atom is 0.328 e. The minimum Gasteiger partial charge on any atom is -0.493 e. The van der Waals surface area contributed by atoms with Crippen LogP contribution in [0.2, 0.25) is 0 Å². The number of carboxylic acids is 1. The van der Waals surface area contributed by atoms with Crippen molar-refractivity contribution in [2.24, 2.45) is 0 Å². The Morgan fingerprint density at radius 3 is 2.90 bits per heavy atom. The lowest BCUT2D eigenvalue weighted by molar-refractivity contribution is -0.131. The zero-order valence-electron chi connectivity index (χ0n) is 11.4. The van der Waals surface area contributed by atoms with Gasteiger partial charge in [-0.05, 0) is 49.1 Å². The summed E-state index contributed by atoms with van der Waals surface area (Å²) in [4.78, 5) is 10.5. The van der Waals surface area contributed by atoms with E-state index < -0.39 is 5.97 Å². The molecule has 0 bridgehead atoms. The van der Waals surface area contributed by atoms with Crippen LogP contribution in [0.5, 0.6) is 11.5 Å². The predicted octanol–water partition coefficient (Wildman–Crippen LogP) is 3.28. The number of aliphatic carboxylic acids is 1. The first-order valence-electron chi connectivity index (χ1n) is 6.61. The van der Waals surface area contributed by atoms with Gasteiger partial charge in [0.15, 0.2) is 11.5 Å². The Bertz CT molecular complexity index is 531. The van der Waals surface area contributed by atoms with E-state index in [2.05, 4.69) is 12.2 Å². The van der Waals surface area contributed by atoms with Crippen molar-refractivity contribution in [1.82, 2.24) is 0 Å². The molecule has 4 heteroatoms. The molecule has 20 heavy (non-hydrogen) atoms. The van der Waals surface area contributed by atoms with Crippen molar-refractivity contribution in [2.75, 3.05) is 7.11 Å². The van der Waals surface area contributed by atoms with E-state index >= 15 is 0 Å². The van der Waals surface area contributed by atoms with E-state index in [1.165, 1.54) is 6.08 Å². The maximum atomic E-state index is 10.5. The number of hydrogen-bond donors (Lipinski definition) is 1. The fourth-order valence-electron chi connectivity index (χ4n) is 2.10. The van der Waals surface area contributed by atoms with Crippen molar-refractivity contribution < 1.29 is 19.4 Å². The first-order valence-corrected chi connectivity index (χ1v) is 6.61. The molecule has 0 amide bonds. The molecule has 0 saturated heterocycles. The minimum atomic E-state index is -0.975. The van der Waals surface area contributed by atoms with Gasteiger partial charge in [-0.25, -0.2) is 4.79 Å². The van der Waals surface area contributed by atoms with Crippen LogP contribution in [0.3, 0.4) is 0 Å². The van der Waals surface area contributed by atoms with Crippen LogP contribution < -0.4 is 9.47 Å². The van der Waals surface area contributed by atoms with Gasteiger partial charge >= 0.3 is 5.97 Å². The van der Waals surface area contributed by atoms with Crippen molar-refractivity contribution in [3.8, 4) is 11.5 Å². The van der Waals surface area contributed by atoms with Crippen molar-refractivity contribution in [1.29, 1.82) is 0 Å². The summed E-state index contributed by atoms with van der Waals surface area (Å²) in [5, 5.41) is 8.62. The molecule has 0 saturated carbocycles. The summed E-state index contributed by atoms with van der Waals surface area (Å²) in [6.45, 7) is 0. The molecule has 1 N–H and O–H groups in total. The Hall–Kier alpha value is -2.23. The summed E-state index contributed by atoms with van der Waals surface area (Å²) in [7, 11) is 1.57. The Balaban J connectivity index is 2.14. The zero-order chi connectivity index (χ0) is 14.4. The Morgan fingerprint density at radius 2 is 2.25 bits per heavy atom. The molecule has 1 aromatic rings. The van der Waals surface area contributed by atoms with Crippen LogP contribution in [-0.2, 0) is 4.79 Å². The predicted molar refractivity (Wildman–Crippen MR) is 77.1 cm³/mol. The molecular formula is C16H18O4. The fourth-order valence-corrected chi connectivity index (χ4v) is 2.10. The average Bonchev–Trinajstić information content (AvgIpc) is 2.47. The molecule has 0 heterocycles. The van der Waals surface area contributed by atoms with Gasteiger partial charge in [0.2, 0.25) is 0 Å². The van der Waals surface area contributed by atoms with E-state index in [4.69, 9.17) is 14.6 Å². The van der Waals surface area contributed by atoms with E-state index in [-0.39, 0.29) is 6.10 Å². The van der Waals surface area contributed by atoms with Gasteiger partial charge < -0.3 is 14.6 Å².